The van der Waals surface area contributed by atoms with E-state index in [-0.39, 0.29) is 18.8 Å². The predicted octanol–water partition coefficient (Wildman–Crippen LogP) is 4.59. The summed E-state index contributed by atoms with van der Waals surface area (Å²) >= 11 is 12.2. The van der Waals surface area contributed by atoms with Crippen molar-refractivity contribution in [1.29, 1.82) is 0 Å². The number of halogens is 2. The largest absolute Gasteiger partial charge is 0.497 e. The minimum Gasteiger partial charge on any atom is -0.497 e. The molecule has 31 heavy (non-hydrogen) atoms. The van der Waals surface area contributed by atoms with Gasteiger partial charge in [-0.25, -0.2) is 9.59 Å². The summed E-state index contributed by atoms with van der Waals surface area (Å²) in [5.41, 5.74) is 1.24. The van der Waals surface area contributed by atoms with Gasteiger partial charge in [-0.1, -0.05) is 29.3 Å². The molecule has 1 aliphatic rings. The molecule has 0 radical (unpaired) electrons. The van der Waals surface area contributed by atoms with Crippen molar-refractivity contribution in [1.82, 2.24) is 10.2 Å². The number of rotatable bonds is 7. The van der Waals surface area contributed by atoms with E-state index in [4.69, 9.17) is 37.4 Å². The molecule has 0 saturated heterocycles. The second-order valence-electron chi connectivity index (χ2n) is 6.66. The van der Waals surface area contributed by atoms with Crippen LogP contribution in [0.4, 0.5) is 4.79 Å². The smallest absolute Gasteiger partial charge is 0.338 e. The lowest BCUT2D eigenvalue weighted by Crippen LogP contribution is -2.48. The Labute approximate surface area is 190 Å². The number of hydrogen-bond acceptors (Lipinski definition) is 5. The zero-order valence-corrected chi connectivity index (χ0v) is 18.8. The van der Waals surface area contributed by atoms with Crippen LogP contribution in [0.15, 0.2) is 53.7 Å². The Morgan fingerprint density at radius 1 is 1.10 bits per heavy atom. The molecule has 2 amide bonds. The van der Waals surface area contributed by atoms with Crippen LogP contribution < -0.4 is 14.8 Å². The lowest BCUT2D eigenvalue weighted by Gasteiger charge is -2.34. The molecule has 0 aliphatic carbocycles. The summed E-state index contributed by atoms with van der Waals surface area (Å²) in [5, 5.41) is 3.50. The molecule has 2 aromatic carbocycles. The van der Waals surface area contributed by atoms with Crippen molar-refractivity contribution in [2.24, 2.45) is 0 Å². The maximum absolute atomic E-state index is 12.9. The number of esters is 1. The van der Waals surface area contributed by atoms with Crippen molar-refractivity contribution in [2.75, 3.05) is 27.4 Å². The number of urea groups is 1. The van der Waals surface area contributed by atoms with Gasteiger partial charge in [-0.3, -0.25) is 4.90 Å². The fourth-order valence-electron chi connectivity index (χ4n) is 3.15. The van der Waals surface area contributed by atoms with Gasteiger partial charge >= 0.3 is 12.0 Å². The Bertz CT molecular complexity index is 1010. The van der Waals surface area contributed by atoms with E-state index < -0.39 is 18.0 Å². The van der Waals surface area contributed by atoms with E-state index in [0.29, 0.717) is 32.8 Å². The van der Waals surface area contributed by atoms with Gasteiger partial charge in [0, 0.05) is 7.05 Å². The van der Waals surface area contributed by atoms with Crippen molar-refractivity contribution < 1.29 is 23.8 Å². The van der Waals surface area contributed by atoms with E-state index in [1.165, 1.54) is 4.90 Å². The molecule has 2 aromatic rings. The number of nitrogens with zero attached hydrogens (tertiary/aromatic N) is 1. The molecule has 0 bridgehead atoms. The van der Waals surface area contributed by atoms with Crippen molar-refractivity contribution >= 4 is 35.2 Å². The number of likely N-dealkylation sites (N-methyl/N-ethyl adjacent to an activating group) is 1. The number of hydrogen-bond donors (Lipinski definition) is 1. The number of ether oxygens (including phenoxy) is 3. The normalized spacial score (nSPS) is 16.1. The monoisotopic (exact) mass is 464 g/mol. The summed E-state index contributed by atoms with van der Waals surface area (Å²) in [7, 11) is 3.14. The lowest BCUT2D eigenvalue weighted by atomic mass is 9.94. The van der Waals surface area contributed by atoms with Gasteiger partial charge in [0.05, 0.1) is 41.1 Å². The zero-order chi connectivity index (χ0) is 22.5. The molecule has 164 valence electrons. The molecule has 0 aromatic heterocycles. The highest BCUT2D eigenvalue weighted by molar-refractivity contribution is 6.42. The first-order valence-corrected chi connectivity index (χ1v) is 10.3. The maximum Gasteiger partial charge on any atom is 0.338 e. The minimum absolute atomic E-state index is 0.0256. The van der Waals surface area contributed by atoms with Gasteiger partial charge in [0.15, 0.2) is 0 Å². The molecule has 1 unspecified atom stereocenters. The summed E-state index contributed by atoms with van der Waals surface area (Å²) in [4.78, 5) is 26.9. The van der Waals surface area contributed by atoms with Crippen LogP contribution in [0.2, 0.25) is 10.0 Å². The number of benzene rings is 2. The number of nitrogens with one attached hydrogen (secondary N) is 1. The summed E-state index contributed by atoms with van der Waals surface area (Å²) in [6, 6.07) is 10.8. The van der Waals surface area contributed by atoms with Gasteiger partial charge < -0.3 is 19.5 Å². The Kier molecular flexibility index (Phi) is 7.30. The number of amides is 2. The molecular formula is C22H22Cl2N2O5. The summed E-state index contributed by atoms with van der Waals surface area (Å²) < 4.78 is 16.3. The van der Waals surface area contributed by atoms with Crippen molar-refractivity contribution in [3.63, 3.8) is 0 Å². The molecule has 1 N–H and O–H groups in total. The second kappa shape index (κ2) is 9.94. The average Bonchev–Trinajstić information content (AvgIpc) is 2.76. The Balaban J connectivity index is 2.01. The number of methoxy groups -OCH3 is 1. The zero-order valence-electron chi connectivity index (χ0n) is 17.3. The van der Waals surface area contributed by atoms with E-state index in [9.17, 15) is 9.59 Å². The molecule has 3 rings (SSSR count). The number of carbonyl (C=O) groups is 2. The van der Waals surface area contributed by atoms with Crippen LogP contribution in [0.3, 0.4) is 0 Å². The molecule has 0 spiro atoms. The third kappa shape index (κ3) is 5.06. The van der Waals surface area contributed by atoms with E-state index in [2.05, 4.69) is 5.32 Å². The van der Waals surface area contributed by atoms with Crippen LogP contribution in [-0.2, 0) is 9.53 Å². The van der Waals surface area contributed by atoms with E-state index in [1.807, 2.05) is 0 Å². The fraction of sp³-hybridized carbons (Fsp3) is 0.273. The molecule has 0 fully saturated rings. The van der Waals surface area contributed by atoms with Gasteiger partial charge in [0.25, 0.3) is 0 Å². The summed E-state index contributed by atoms with van der Waals surface area (Å²) in [5.74, 6) is 0.688. The Hall–Kier alpha value is -2.90. The Morgan fingerprint density at radius 2 is 1.77 bits per heavy atom. The number of carbonyl (C=O) groups excluding carboxylic acids is 2. The van der Waals surface area contributed by atoms with Gasteiger partial charge in [0.1, 0.15) is 18.1 Å². The van der Waals surface area contributed by atoms with Crippen molar-refractivity contribution in [2.45, 2.75) is 13.0 Å². The highest BCUT2D eigenvalue weighted by atomic mass is 35.5. The molecule has 1 heterocycles. The van der Waals surface area contributed by atoms with Crippen LogP contribution in [-0.4, -0.2) is 44.3 Å². The van der Waals surface area contributed by atoms with Crippen LogP contribution in [0.25, 0.3) is 0 Å². The quantitative estimate of drug-likeness (QED) is 0.606. The topological polar surface area (TPSA) is 77.1 Å². The molecule has 9 heteroatoms. The van der Waals surface area contributed by atoms with Gasteiger partial charge in [-0.05, 0) is 48.9 Å². The molecule has 1 aliphatic heterocycles. The van der Waals surface area contributed by atoms with Gasteiger partial charge in [0.2, 0.25) is 0 Å². The maximum atomic E-state index is 12.9. The van der Waals surface area contributed by atoms with Gasteiger partial charge in [-0.2, -0.15) is 0 Å². The fourth-order valence-corrected chi connectivity index (χ4v) is 3.45. The minimum atomic E-state index is -0.771. The summed E-state index contributed by atoms with van der Waals surface area (Å²) in [6.07, 6.45) is 0. The molecule has 1 atom stereocenters. The SMILES string of the molecule is CCOC(=O)C1=C(COc2ccc(OC)cc2)N(C)C(=O)NC1c1ccc(Cl)c(Cl)c1. The van der Waals surface area contributed by atoms with Crippen LogP contribution in [0.5, 0.6) is 11.5 Å². The van der Waals surface area contributed by atoms with E-state index in [0.717, 1.165) is 0 Å². The highest BCUT2D eigenvalue weighted by Crippen LogP contribution is 2.34. The predicted molar refractivity (Wildman–Crippen MR) is 118 cm³/mol. The molecule has 0 saturated carbocycles. The van der Waals surface area contributed by atoms with E-state index in [1.54, 1.807) is 63.5 Å². The summed E-state index contributed by atoms with van der Waals surface area (Å²) in [6.45, 7) is 1.87. The van der Waals surface area contributed by atoms with Crippen molar-refractivity contribution in [3.8, 4) is 11.5 Å². The first-order chi connectivity index (χ1) is 14.8. The second-order valence-corrected chi connectivity index (χ2v) is 7.47. The Morgan fingerprint density at radius 3 is 2.39 bits per heavy atom. The highest BCUT2D eigenvalue weighted by Gasteiger charge is 2.37. The average molecular weight is 465 g/mol. The van der Waals surface area contributed by atoms with Crippen LogP contribution in [0.1, 0.15) is 18.5 Å². The standard InChI is InChI=1S/C22H22Cl2N2O5/c1-4-30-21(27)19-18(12-31-15-8-6-14(29-3)7-9-15)26(2)22(28)25-20(19)13-5-10-16(23)17(24)11-13/h5-11,20H,4,12H2,1-3H3,(H,25,28). The third-order valence-corrected chi connectivity index (χ3v) is 5.52. The first kappa shape index (κ1) is 22.8. The third-order valence-electron chi connectivity index (χ3n) is 4.78. The van der Waals surface area contributed by atoms with Crippen molar-refractivity contribution in [3.05, 3.63) is 69.3 Å². The lowest BCUT2D eigenvalue weighted by molar-refractivity contribution is -0.139. The van der Waals surface area contributed by atoms with Gasteiger partial charge in [-0.15, -0.1) is 0 Å². The van der Waals surface area contributed by atoms with E-state index >= 15 is 0 Å². The molecule has 7 nitrogen and oxygen atoms in total. The first-order valence-electron chi connectivity index (χ1n) is 9.51. The molecular weight excluding hydrogens is 443 g/mol. The van der Waals surface area contributed by atoms with Crippen LogP contribution in [0, 0.1) is 0 Å². The van der Waals surface area contributed by atoms with Crippen LogP contribution >= 0.6 is 23.2 Å².